The molecular formula is C14H20N2O5. The van der Waals surface area contributed by atoms with E-state index in [0.29, 0.717) is 5.75 Å². The van der Waals surface area contributed by atoms with Gasteiger partial charge in [0, 0.05) is 13.1 Å². The number of ether oxygens (including phenoxy) is 1. The summed E-state index contributed by atoms with van der Waals surface area (Å²) in [5.74, 6) is -0.724. The molecule has 0 aliphatic carbocycles. The molecule has 1 rings (SSSR count). The van der Waals surface area contributed by atoms with Crippen LogP contribution in [0.1, 0.15) is 24.2 Å². The lowest BCUT2D eigenvalue weighted by atomic mass is 10.1. The molecule has 0 bridgehead atoms. The standard InChI is InChI=1S/C14H20N2O5/c1-14(2,20)8-16(3)13(19)15-11-7-9(21-4)5-6-10(11)12(17)18/h5-7,20H,8H2,1-4H3,(H,15,19)(H,17,18). The number of carbonyl (C=O) groups excluding carboxylic acids is 1. The molecule has 2 amide bonds. The van der Waals surface area contributed by atoms with Crippen LogP contribution in [0.4, 0.5) is 10.5 Å². The van der Waals surface area contributed by atoms with Crippen LogP contribution in [0.5, 0.6) is 5.75 Å². The lowest BCUT2D eigenvalue weighted by Gasteiger charge is -2.26. The minimum Gasteiger partial charge on any atom is -0.497 e. The van der Waals surface area contributed by atoms with E-state index in [1.807, 2.05) is 0 Å². The third-order valence-electron chi connectivity index (χ3n) is 2.67. The van der Waals surface area contributed by atoms with Crippen molar-refractivity contribution >= 4 is 17.7 Å². The third-order valence-corrected chi connectivity index (χ3v) is 2.67. The average Bonchev–Trinajstić information content (AvgIpc) is 2.36. The molecule has 3 N–H and O–H groups in total. The molecular weight excluding hydrogens is 276 g/mol. The Morgan fingerprint density at radius 3 is 2.48 bits per heavy atom. The van der Waals surface area contributed by atoms with Crippen molar-refractivity contribution in [2.24, 2.45) is 0 Å². The summed E-state index contributed by atoms with van der Waals surface area (Å²) in [4.78, 5) is 24.5. The zero-order valence-electron chi connectivity index (χ0n) is 12.5. The van der Waals surface area contributed by atoms with Gasteiger partial charge in [-0.05, 0) is 26.0 Å². The Labute approximate surface area is 123 Å². The van der Waals surface area contributed by atoms with Crippen LogP contribution < -0.4 is 10.1 Å². The largest absolute Gasteiger partial charge is 0.497 e. The molecule has 1 aromatic rings. The molecule has 0 aliphatic heterocycles. The quantitative estimate of drug-likeness (QED) is 0.767. The molecule has 0 aromatic heterocycles. The van der Waals surface area contributed by atoms with Gasteiger partial charge in [0.2, 0.25) is 0 Å². The fourth-order valence-corrected chi connectivity index (χ4v) is 1.80. The average molecular weight is 296 g/mol. The van der Waals surface area contributed by atoms with Gasteiger partial charge in [0.25, 0.3) is 0 Å². The minimum atomic E-state index is -1.15. The molecule has 0 heterocycles. The van der Waals surface area contributed by atoms with E-state index < -0.39 is 17.6 Å². The number of aromatic carboxylic acids is 1. The summed E-state index contributed by atoms with van der Waals surface area (Å²) in [5.41, 5.74) is -0.953. The Balaban J connectivity index is 2.95. The third kappa shape index (κ3) is 4.96. The van der Waals surface area contributed by atoms with Crippen molar-refractivity contribution < 1.29 is 24.5 Å². The van der Waals surface area contributed by atoms with Gasteiger partial charge < -0.3 is 25.2 Å². The van der Waals surface area contributed by atoms with Crippen molar-refractivity contribution in [2.75, 3.05) is 26.0 Å². The maximum Gasteiger partial charge on any atom is 0.337 e. The highest BCUT2D eigenvalue weighted by Gasteiger charge is 2.21. The Morgan fingerprint density at radius 2 is 2.00 bits per heavy atom. The lowest BCUT2D eigenvalue weighted by Crippen LogP contribution is -2.41. The van der Waals surface area contributed by atoms with Crippen LogP contribution in [0.15, 0.2) is 18.2 Å². The first-order valence-electron chi connectivity index (χ1n) is 6.30. The van der Waals surface area contributed by atoms with Gasteiger partial charge in [0.15, 0.2) is 0 Å². The Kier molecular flexibility index (Phi) is 5.15. The monoisotopic (exact) mass is 296 g/mol. The molecule has 0 spiro atoms. The van der Waals surface area contributed by atoms with Gasteiger partial charge in [0.1, 0.15) is 5.75 Å². The number of anilines is 1. The number of hydrogen-bond donors (Lipinski definition) is 3. The molecule has 0 aliphatic rings. The zero-order valence-corrected chi connectivity index (χ0v) is 12.5. The molecule has 0 radical (unpaired) electrons. The summed E-state index contributed by atoms with van der Waals surface area (Å²) in [6, 6.07) is 3.76. The molecule has 0 atom stereocenters. The van der Waals surface area contributed by atoms with Gasteiger partial charge in [0.05, 0.1) is 30.5 Å². The van der Waals surface area contributed by atoms with Gasteiger partial charge >= 0.3 is 12.0 Å². The van der Waals surface area contributed by atoms with Gasteiger partial charge in [-0.3, -0.25) is 0 Å². The number of carboxylic acids is 1. The number of urea groups is 1. The number of likely N-dealkylation sites (N-methyl/N-ethyl adjacent to an activating group) is 1. The van der Waals surface area contributed by atoms with Crippen LogP contribution in [-0.4, -0.2) is 53.4 Å². The highest BCUT2D eigenvalue weighted by Crippen LogP contribution is 2.23. The van der Waals surface area contributed by atoms with Crippen molar-refractivity contribution in [2.45, 2.75) is 19.4 Å². The number of carboxylic acid groups (broad SMARTS) is 1. The van der Waals surface area contributed by atoms with Crippen molar-refractivity contribution in [1.82, 2.24) is 4.90 Å². The van der Waals surface area contributed by atoms with Crippen molar-refractivity contribution in [3.05, 3.63) is 23.8 Å². The number of aliphatic hydroxyl groups is 1. The molecule has 116 valence electrons. The number of methoxy groups -OCH3 is 1. The molecule has 0 fully saturated rings. The first-order valence-corrected chi connectivity index (χ1v) is 6.30. The second kappa shape index (κ2) is 6.45. The van der Waals surface area contributed by atoms with Crippen LogP contribution >= 0.6 is 0 Å². The zero-order chi connectivity index (χ0) is 16.2. The molecule has 7 heteroatoms. The maximum atomic E-state index is 12.0. The number of amides is 2. The van der Waals surface area contributed by atoms with Gasteiger partial charge in [-0.15, -0.1) is 0 Å². The normalized spacial score (nSPS) is 10.9. The second-order valence-electron chi connectivity index (χ2n) is 5.32. The van der Waals surface area contributed by atoms with E-state index in [-0.39, 0.29) is 17.8 Å². The fourth-order valence-electron chi connectivity index (χ4n) is 1.80. The van der Waals surface area contributed by atoms with Gasteiger partial charge in [-0.2, -0.15) is 0 Å². The van der Waals surface area contributed by atoms with Crippen LogP contribution in [-0.2, 0) is 0 Å². The molecule has 7 nitrogen and oxygen atoms in total. The SMILES string of the molecule is COc1ccc(C(=O)O)c(NC(=O)N(C)CC(C)(C)O)c1. The van der Waals surface area contributed by atoms with E-state index in [1.54, 1.807) is 13.8 Å². The van der Waals surface area contributed by atoms with E-state index in [0.717, 1.165) is 0 Å². The number of nitrogens with one attached hydrogen (secondary N) is 1. The first-order chi connectivity index (χ1) is 9.64. The minimum absolute atomic E-state index is 0.0409. The Morgan fingerprint density at radius 1 is 1.38 bits per heavy atom. The predicted molar refractivity (Wildman–Crippen MR) is 77.9 cm³/mol. The van der Waals surface area contributed by atoms with Gasteiger partial charge in [-0.25, -0.2) is 9.59 Å². The summed E-state index contributed by atoms with van der Waals surface area (Å²) in [6.07, 6.45) is 0. The van der Waals surface area contributed by atoms with Crippen LogP contribution in [0.3, 0.4) is 0 Å². The number of hydrogen-bond acceptors (Lipinski definition) is 4. The molecule has 0 unspecified atom stereocenters. The summed E-state index contributed by atoms with van der Waals surface area (Å²) in [7, 11) is 2.95. The molecule has 1 aromatic carbocycles. The number of rotatable bonds is 5. The molecule has 0 saturated carbocycles. The van der Waals surface area contributed by atoms with E-state index in [1.165, 1.54) is 37.3 Å². The highest BCUT2D eigenvalue weighted by atomic mass is 16.5. The summed E-state index contributed by atoms with van der Waals surface area (Å²) < 4.78 is 5.01. The smallest absolute Gasteiger partial charge is 0.337 e. The number of benzene rings is 1. The van der Waals surface area contributed by atoms with Crippen LogP contribution in [0.25, 0.3) is 0 Å². The van der Waals surface area contributed by atoms with Crippen LogP contribution in [0, 0.1) is 0 Å². The van der Waals surface area contributed by atoms with Crippen molar-refractivity contribution in [1.29, 1.82) is 0 Å². The first kappa shape index (κ1) is 16.8. The fraction of sp³-hybridized carbons (Fsp3) is 0.429. The van der Waals surface area contributed by atoms with E-state index in [4.69, 9.17) is 9.84 Å². The van der Waals surface area contributed by atoms with Crippen molar-refractivity contribution in [3.8, 4) is 5.75 Å². The molecule has 0 saturated heterocycles. The van der Waals surface area contributed by atoms with E-state index in [9.17, 15) is 14.7 Å². The van der Waals surface area contributed by atoms with E-state index in [2.05, 4.69) is 5.32 Å². The Hall–Kier alpha value is -2.28. The van der Waals surface area contributed by atoms with Gasteiger partial charge in [-0.1, -0.05) is 0 Å². The number of carbonyl (C=O) groups is 2. The highest BCUT2D eigenvalue weighted by molar-refractivity contribution is 6.00. The summed E-state index contributed by atoms with van der Waals surface area (Å²) >= 11 is 0. The topological polar surface area (TPSA) is 99.1 Å². The predicted octanol–water partition coefficient (Wildman–Crippen LogP) is 1.63. The molecule has 21 heavy (non-hydrogen) atoms. The number of nitrogens with zero attached hydrogens (tertiary/aromatic N) is 1. The van der Waals surface area contributed by atoms with Crippen LogP contribution in [0.2, 0.25) is 0 Å². The Bertz CT molecular complexity index is 537. The maximum absolute atomic E-state index is 12.0. The summed E-state index contributed by atoms with van der Waals surface area (Å²) in [5, 5.41) is 21.3. The summed E-state index contributed by atoms with van der Waals surface area (Å²) in [6.45, 7) is 3.25. The lowest BCUT2D eigenvalue weighted by molar-refractivity contribution is 0.0550. The van der Waals surface area contributed by atoms with Crippen molar-refractivity contribution in [3.63, 3.8) is 0 Å². The second-order valence-corrected chi connectivity index (χ2v) is 5.32. The van der Waals surface area contributed by atoms with E-state index >= 15 is 0 Å².